The summed E-state index contributed by atoms with van der Waals surface area (Å²) < 4.78 is 5.14. The van der Waals surface area contributed by atoms with Crippen LogP contribution in [0.1, 0.15) is 35.6 Å². The van der Waals surface area contributed by atoms with Gasteiger partial charge in [-0.1, -0.05) is 0 Å². The van der Waals surface area contributed by atoms with Gasteiger partial charge < -0.3 is 14.8 Å². The second kappa shape index (κ2) is 7.28. The minimum absolute atomic E-state index is 0.174. The van der Waals surface area contributed by atoms with E-state index in [1.165, 1.54) is 18.0 Å². The van der Waals surface area contributed by atoms with Gasteiger partial charge in [-0.05, 0) is 37.4 Å². The Balaban J connectivity index is 1.92. The monoisotopic (exact) mass is 306 g/mol. The first-order chi connectivity index (χ1) is 10.1. The maximum atomic E-state index is 12.1. The summed E-state index contributed by atoms with van der Waals surface area (Å²) in [5.41, 5.74) is 0.564. The van der Waals surface area contributed by atoms with E-state index < -0.39 is 6.10 Å². The SMILES string of the molecule is CSc1cc(C(=O)NC(C)CC(O)c2ccco2)ccn1. The molecule has 0 radical (unpaired) electrons. The number of hydrogen-bond acceptors (Lipinski definition) is 5. The molecule has 5 nitrogen and oxygen atoms in total. The molecule has 2 N–H and O–H groups in total. The normalized spacial score (nSPS) is 13.7. The fourth-order valence-corrected chi connectivity index (χ4v) is 2.37. The number of furan rings is 1. The van der Waals surface area contributed by atoms with Crippen LogP contribution in [0.5, 0.6) is 0 Å². The number of rotatable bonds is 6. The lowest BCUT2D eigenvalue weighted by molar-refractivity contribution is 0.0902. The summed E-state index contributed by atoms with van der Waals surface area (Å²) in [7, 11) is 0. The molecule has 6 heteroatoms. The van der Waals surface area contributed by atoms with Gasteiger partial charge >= 0.3 is 0 Å². The predicted molar refractivity (Wildman–Crippen MR) is 81.2 cm³/mol. The average molecular weight is 306 g/mol. The third-order valence-corrected chi connectivity index (χ3v) is 3.67. The molecule has 0 saturated carbocycles. The molecule has 2 aromatic rings. The van der Waals surface area contributed by atoms with Crippen molar-refractivity contribution < 1.29 is 14.3 Å². The highest BCUT2D eigenvalue weighted by atomic mass is 32.2. The van der Waals surface area contributed by atoms with Gasteiger partial charge in [-0.15, -0.1) is 11.8 Å². The molecule has 2 heterocycles. The van der Waals surface area contributed by atoms with Crippen molar-refractivity contribution in [3.05, 3.63) is 48.0 Å². The molecule has 0 saturated heterocycles. The van der Waals surface area contributed by atoms with Gasteiger partial charge in [0.15, 0.2) is 0 Å². The average Bonchev–Trinajstić information content (AvgIpc) is 3.01. The summed E-state index contributed by atoms with van der Waals surface area (Å²) in [5.74, 6) is 0.330. The minimum atomic E-state index is -0.727. The maximum Gasteiger partial charge on any atom is 0.251 e. The lowest BCUT2D eigenvalue weighted by atomic mass is 10.1. The third-order valence-electron chi connectivity index (χ3n) is 3.03. The molecular formula is C15H18N2O3S. The topological polar surface area (TPSA) is 75.4 Å². The van der Waals surface area contributed by atoms with Crippen molar-refractivity contribution in [1.29, 1.82) is 0 Å². The fraction of sp³-hybridized carbons (Fsp3) is 0.333. The highest BCUT2D eigenvalue weighted by Crippen LogP contribution is 2.19. The second-order valence-electron chi connectivity index (χ2n) is 4.73. The van der Waals surface area contributed by atoms with Crippen LogP contribution in [0.4, 0.5) is 0 Å². The Kier molecular flexibility index (Phi) is 5.41. The van der Waals surface area contributed by atoms with Crippen molar-refractivity contribution in [2.75, 3.05) is 6.26 Å². The third kappa shape index (κ3) is 4.34. The van der Waals surface area contributed by atoms with Crippen LogP contribution in [0, 0.1) is 0 Å². The zero-order chi connectivity index (χ0) is 15.2. The summed E-state index contributed by atoms with van der Waals surface area (Å²) in [6.45, 7) is 1.85. The van der Waals surface area contributed by atoms with E-state index in [1.54, 1.807) is 30.5 Å². The van der Waals surface area contributed by atoms with E-state index in [4.69, 9.17) is 4.42 Å². The van der Waals surface area contributed by atoms with Crippen molar-refractivity contribution >= 4 is 17.7 Å². The molecule has 1 amide bonds. The molecule has 2 atom stereocenters. The van der Waals surface area contributed by atoms with E-state index in [0.717, 1.165) is 5.03 Å². The number of amides is 1. The molecule has 0 spiro atoms. The molecule has 0 aliphatic rings. The zero-order valence-electron chi connectivity index (χ0n) is 11.9. The smallest absolute Gasteiger partial charge is 0.251 e. The lowest BCUT2D eigenvalue weighted by Gasteiger charge is -2.16. The Morgan fingerprint density at radius 2 is 2.33 bits per heavy atom. The zero-order valence-corrected chi connectivity index (χ0v) is 12.8. The quantitative estimate of drug-likeness (QED) is 0.802. The first-order valence-corrected chi connectivity index (χ1v) is 7.85. The van der Waals surface area contributed by atoms with Gasteiger partial charge in [0.25, 0.3) is 5.91 Å². The van der Waals surface area contributed by atoms with Crippen molar-refractivity contribution in [1.82, 2.24) is 10.3 Å². The Morgan fingerprint density at radius 3 is 3.00 bits per heavy atom. The number of nitrogens with one attached hydrogen (secondary N) is 1. The molecule has 0 bridgehead atoms. The molecule has 112 valence electrons. The molecule has 2 rings (SSSR count). The second-order valence-corrected chi connectivity index (χ2v) is 5.55. The Hall–Kier alpha value is -1.79. The summed E-state index contributed by atoms with van der Waals surface area (Å²) >= 11 is 1.48. The number of hydrogen-bond donors (Lipinski definition) is 2. The summed E-state index contributed by atoms with van der Waals surface area (Å²) in [6, 6.07) is 6.68. The molecular weight excluding hydrogens is 288 g/mol. The van der Waals surface area contributed by atoms with Gasteiger partial charge in [0.2, 0.25) is 0 Å². The summed E-state index contributed by atoms with van der Waals surface area (Å²) in [4.78, 5) is 16.3. The predicted octanol–water partition coefficient (Wildman–Crippen LogP) is 2.64. The Morgan fingerprint density at radius 1 is 1.52 bits per heavy atom. The molecule has 2 unspecified atom stereocenters. The van der Waals surface area contributed by atoms with Crippen molar-refractivity contribution in [3.8, 4) is 0 Å². The molecule has 2 aromatic heterocycles. The number of pyridine rings is 1. The van der Waals surface area contributed by atoms with Gasteiger partial charge in [0, 0.05) is 24.2 Å². The number of carbonyl (C=O) groups is 1. The standard InChI is InChI=1S/C15H18N2O3S/c1-10(8-12(18)13-4-3-7-20-13)17-15(19)11-5-6-16-14(9-11)21-2/h3-7,9-10,12,18H,8H2,1-2H3,(H,17,19). The van der Waals surface area contributed by atoms with Crippen LogP contribution in [0.2, 0.25) is 0 Å². The first-order valence-electron chi connectivity index (χ1n) is 6.62. The number of aromatic nitrogens is 1. The number of aliphatic hydroxyl groups is 1. The molecule has 0 aliphatic carbocycles. The Labute approximate surface area is 127 Å². The molecule has 0 aromatic carbocycles. The van der Waals surface area contributed by atoms with Gasteiger partial charge in [-0.3, -0.25) is 4.79 Å². The largest absolute Gasteiger partial charge is 0.467 e. The molecule has 0 fully saturated rings. The van der Waals surface area contributed by atoms with Crippen LogP contribution in [0.15, 0.2) is 46.2 Å². The van der Waals surface area contributed by atoms with E-state index in [1.807, 2.05) is 13.2 Å². The van der Waals surface area contributed by atoms with E-state index in [0.29, 0.717) is 17.7 Å². The molecule has 21 heavy (non-hydrogen) atoms. The van der Waals surface area contributed by atoms with E-state index in [-0.39, 0.29) is 11.9 Å². The maximum absolute atomic E-state index is 12.1. The Bertz CT molecular complexity index is 586. The van der Waals surface area contributed by atoms with Crippen LogP contribution in [0.25, 0.3) is 0 Å². The molecule has 0 aliphatic heterocycles. The van der Waals surface area contributed by atoms with Crippen LogP contribution in [0.3, 0.4) is 0 Å². The van der Waals surface area contributed by atoms with E-state index >= 15 is 0 Å². The van der Waals surface area contributed by atoms with Gasteiger partial charge in [-0.2, -0.15) is 0 Å². The van der Waals surface area contributed by atoms with Gasteiger partial charge in [0.1, 0.15) is 11.9 Å². The van der Waals surface area contributed by atoms with Crippen LogP contribution in [-0.4, -0.2) is 28.3 Å². The minimum Gasteiger partial charge on any atom is -0.467 e. The van der Waals surface area contributed by atoms with Crippen molar-refractivity contribution in [2.45, 2.75) is 30.5 Å². The van der Waals surface area contributed by atoms with Crippen LogP contribution >= 0.6 is 11.8 Å². The summed E-state index contributed by atoms with van der Waals surface area (Å²) in [6.07, 6.45) is 4.70. The first kappa shape index (κ1) is 15.6. The number of carbonyl (C=O) groups excluding carboxylic acids is 1. The van der Waals surface area contributed by atoms with E-state index in [2.05, 4.69) is 10.3 Å². The van der Waals surface area contributed by atoms with E-state index in [9.17, 15) is 9.90 Å². The van der Waals surface area contributed by atoms with Crippen LogP contribution < -0.4 is 5.32 Å². The lowest BCUT2D eigenvalue weighted by Crippen LogP contribution is -2.33. The number of nitrogens with zero attached hydrogens (tertiary/aromatic N) is 1. The highest BCUT2D eigenvalue weighted by molar-refractivity contribution is 7.98. The van der Waals surface area contributed by atoms with Crippen molar-refractivity contribution in [2.24, 2.45) is 0 Å². The van der Waals surface area contributed by atoms with Crippen LogP contribution in [-0.2, 0) is 0 Å². The number of aliphatic hydroxyl groups excluding tert-OH is 1. The highest BCUT2D eigenvalue weighted by Gasteiger charge is 2.17. The summed E-state index contributed by atoms with van der Waals surface area (Å²) in [5, 5.41) is 13.6. The number of thioether (sulfide) groups is 1. The fourth-order valence-electron chi connectivity index (χ4n) is 1.96. The van der Waals surface area contributed by atoms with Gasteiger partial charge in [0.05, 0.1) is 11.3 Å². The van der Waals surface area contributed by atoms with Crippen molar-refractivity contribution in [3.63, 3.8) is 0 Å². The van der Waals surface area contributed by atoms with Gasteiger partial charge in [-0.25, -0.2) is 4.98 Å².